The molecule has 2 rings (SSSR count). The number of nitrogens with zero attached hydrogens (tertiary/aromatic N) is 1. The van der Waals surface area contributed by atoms with Crippen LogP contribution in [-0.4, -0.2) is 52.9 Å². The maximum absolute atomic E-state index is 13.0. The van der Waals surface area contributed by atoms with Crippen LogP contribution >= 0.6 is 0 Å². The van der Waals surface area contributed by atoms with Crippen LogP contribution in [0.4, 0.5) is 0 Å². The number of hydrogen-bond acceptors (Lipinski definition) is 6. The van der Waals surface area contributed by atoms with E-state index < -0.39 is 10.1 Å². The third-order valence-electron chi connectivity index (χ3n) is 4.67. The van der Waals surface area contributed by atoms with Crippen molar-refractivity contribution < 1.29 is 26.9 Å². The molecule has 1 aromatic carbocycles. The predicted octanol–water partition coefficient (Wildman–Crippen LogP) is 2.59. The van der Waals surface area contributed by atoms with Crippen molar-refractivity contribution in [1.29, 1.82) is 0 Å². The molecule has 7 nitrogen and oxygen atoms in total. The number of hydrogen-bond donors (Lipinski definition) is 0. The Morgan fingerprint density at radius 2 is 1.85 bits per heavy atom. The molecular weight excluding hydrogens is 370 g/mol. The Labute approximate surface area is 161 Å². The molecule has 1 aromatic rings. The Morgan fingerprint density at radius 1 is 1.15 bits per heavy atom. The van der Waals surface area contributed by atoms with E-state index in [-0.39, 0.29) is 17.6 Å². The number of methoxy groups -OCH3 is 2. The average Bonchev–Trinajstić information content (AvgIpc) is 2.64. The molecule has 0 atom stereocenters. The van der Waals surface area contributed by atoms with Crippen molar-refractivity contribution in [3.05, 3.63) is 23.8 Å². The fourth-order valence-electron chi connectivity index (χ4n) is 3.34. The molecule has 0 saturated heterocycles. The Kier molecular flexibility index (Phi) is 7.91. The van der Waals surface area contributed by atoms with Crippen molar-refractivity contribution in [2.75, 3.05) is 33.6 Å². The van der Waals surface area contributed by atoms with Gasteiger partial charge in [0.1, 0.15) is 0 Å². The van der Waals surface area contributed by atoms with Crippen molar-refractivity contribution in [1.82, 2.24) is 4.90 Å². The smallest absolute Gasteiger partial charge is 0.306 e. The van der Waals surface area contributed by atoms with E-state index >= 15 is 0 Å². The van der Waals surface area contributed by atoms with Crippen molar-refractivity contribution >= 4 is 16.0 Å². The van der Waals surface area contributed by atoms with Crippen LogP contribution in [0.1, 0.15) is 37.7 Å². The quantitative estimate of drug-likeness (QED) is 0.594. The molecular formula is C19H29NO6S. The molecule has 152 valence electrons. The highest BCUT2D eigenvalue weighted by atomic mass is 32.2. The van der Waals surface area contributed by atoms with E-state index in [0.29, 0.717) is 25.4 Å². The minimum Gasteiger partial charge on any atom is -0.493 e. The fraction of sp³-hybridized carbons (Fsp3) is 0.632. The summed E-state index contributed by atoms with van der Waals surface area (Å²) in [5, 5.41) is 0. The first-order valence-electron chi connectivity index (χ1n) is 9.18. The summed E-state index contributed by atoms with van der Waals surface area (Å²) >= 11 is 0. The lowest BCUT2D eigenvalue weighted by Crippen LogP contribution is -2.38. The molecule has 8 heteroatoms. The molecule has 1 amide bonds. The van der Waals surface area contributed by atoms with Gasteiger partial charge in [-0.2, -0.15) is 8.42 Å². The minimum atomic E-state index is -3.68. The zero-order valence-electron chi connectivity index (χ0n) is 16.3. The molecule has 0 spiro atoms. The van der Waals surface area contributed by atoms with E-state index in [4.69, 9.17) is 13.7 Å². The molecule has 1 aliphatic carbocycles. The van der Waals surface area contributed by atoms with Crippen molar-refractivity contribution in [3.8, 4) is 11.5 Å². The Morgan fingerprint density at radius 3 is 2.44 bits per heavy atom. The highest BCUT2D eigenvalue weighted by Gasteiger charge is 2.26. The van der Waals surface area contributed by atoms with Crippen LogP contribution in [0.25, 0.3) is 0 Å². The number of ether oxygens (including phenoxy) is 2. The second kappa shape index (κ2) is 9.94. The number of rotatable bonds is 9. The van der Waals surface area contributed by atoms with E-state index in [9.17, 15) is 13.2 Å². The van der Waals surface area contributed by atoms with E-state index in [1.165, 1.54) is 13.5 Å². The van der Waals surface area contributed by atoms with Gasteiger partial charge < -0.3 is 18.6 Å². The van der Waals surface area contributed by atoms with Crippen LogP contribution in [-0.2, 0) is 26.2 Å². The molecule has 0 aliphatic heterocycles. The standard InChI is InChI=1S/C19H29NO6S/c1-24-12-11-20(19(21)16-7-5-4-6-8-16)14-15-9-10-17(25-2)18(13-15)26-27(3,22)23/h9-10,13,16H,4-8,11-12,14H2,1-3H3. The molecule has 1 saturated carbocycles. The molecule has 1 fully saturated rings. The summed E-state index contributed by atoms with van der Waals surface area (Å²) in [6, 6.07) is 5.06. The van der Waals surface area contributed by atoms with E-state index in [0.717, 1.165) is 37.5 Å². The maximum atomic E-state index is 13.0. The lowest BCUT2D eigenvalue weighted by molar-refractivity contribution is -0.137. The second-order valence-corrected chi connectivity index (χ2v) is 8.44. The van der Waals surface area contributed by atoms with Crippen molar-refractivity contribution in [3.63, 3.8) is 0 Å². The summed E-state index contributed by atoms with van der Waals surface area (Å²) < 4.78 is 38.3. The molecule has 0 radical (unpaired) electrons. The third-order valence-corrected chi connectivity index (χ3v) is 5.16. The van der Waals surface area contributed by atoms with Gasteiger partial charge in [0.15, 0.2) is 11.5 Å². The Bertz CT molecular complexity index is 728. The summed E-state index contributed by atoms with van der Waals surface area (Å²) in [6.07, 6.45) is 6.19. The lowest BCUT2D eigenvalue weighted by Gasteiger charge is -2.29. The lowest BCUT2D eigenvalue weighted by atomic mass is 9.88. The molecule has 0 heterocycles. The van der Waals surface area contributed by atoms with Crippen molar-refractivity contribution in [2.24, 2.45) is 5.92 Å². The number of carbonyl (C=O) groups is 1. The van der Waals surface area contributed by atoms with Crippen LogP contribution in [0.5, 0.6) is 11.5 Å². The van der Waals surface area contributed by atoms with E-state index in [1.807, 2.05) is 6.07 Å². The van der Waals surface area contributed by atoms with Gasteiger partial charge in [0.2, 0.25) is 5.91 Å². The molecule has 27 heavy (non-hydrogen) atoms. The summed E-state index contributed by atoms with van der Waals surface area (Å²) in [4.78, 5) is 14.7. The molecule has 0 bridgehead atoms. The zero-order chi connectivity index (χ0) is 19.9. The highest BCUT2D eigenvalue weighted by Crippen LogP contribution is 2.30. The topological polar surface area (TPSA) is 82.1 Å². The summed E-state index contributed by atoms with van der Waals surface area (Å²) in [7, 11) is -0.631. The third kappa shape index (κ3) is 6.70. The van der Waals surface area contributed by atoms with E-state index in [1.54, 1.807) is 24.1 Å². The van der Waals surface area contributed by atoms with Gasteiger partial charge in [-0.15, -0.1) is 0 Å². The summed E-state index contributed by atoms with van der Waals surface area (Å²) in [5.74, 6) is 0.634. The molecule has 1 aliphatic rings. The van der Waals surface area contributed by atoms with Gasteiger partial charge >= 0.3 is 10.1 Å². The molecule has 0 unspecified atom stereocenters. The SMILES string of the molecule is COCCN(Cc1ccc(OC)c(OS(C)(=O)=O)c1)C(=O)C1CCCCC1. The van der Waals surface area contributed by atoms with Crippen LogP contribution in [0.2, 0.25) is 0 Å². The first-order chi connectivity index (χ1) is 12.8. The van der Waals surface area contributed by atoms with Crippen LogP contribution < -0.4 is 8.92 Å². The van der Waals surface area contributed by atoms with Crippen molar-refractivity contribution in [2.45, 2.75) is 38.6 Å². The van der Waals surface area contributed by atoms with Gasteiger partial charge in [0.05, 0.1) is 20.0 Å². The second-order valence-electron chi connectivity index (χ2n) is 6.86. The van der Waals surface area contributed by atoms with Gasteiger partial charge in [-0.3, -0.25) is 4.79 Å². The number of carbonyl (C=O) groups excluding carboxylic acids is 1. The Hall–Kier alpha value is -1.80. The van der Waals surface area contributed by atoms with Gasteiger partial charge in [-0.05, 0) is 30.5 Å². The van der Waals surface area contributed by atoms with E-state index in [2.05, 4.69) is 0 Å². The van der Waals surface area contributed by atoms with Crippen LogP contribution in [0.3, 0.4) is 0 Å². The monoisotopic (exact) mass is 399 g/mol. The Balaban J connectivity index is 2.20. The highest BCUT2D eigenvalue weighted by molar-refractivity contribution is 7.86. The minimum absolute atomic E-state index is 0.0561. The predicted molar refractivity (Wildman–Crippen MR) is 102 cm³/mol. The normalized spacial score (nSPS) is 15.4. The fourth-order valence-corrected chi connectivity index (χ4v) is 3.80. The first kappa shape index (κ1) is 21.5. The first-order valence-corrected chi connectivity index (χ1v) is 11.0. The molecule has 0 aromatic heterocycles. The summed E-state index contributed by atoms with van der Waals surface area (Å²) in [6.45, 7) is 1.30. The van der Waals surface area contributed by atoms with Gasteiger partial charge in [-0.25, -0.2) is 0 Å². The van der Waals surface area contributed by atoms with Crippen LogP contribution in [0.15, 0.2) is 18.2 Å². The number of benzene rings is 1. The van der Waals surface area contributed by atoms with Gasteiger partial charge in [-0.1, -0.05) is 25.3 Å². The number of amides is 1. The van der Waals surface area contributed by atoms with Crippen LogP contribution in [0, 0.1) is 5.92 Å². The maximum Gasteiger partial charge on any atom is 0.306 e. The summed E-state index contributed by atoms with van der Waals surface area (Å²) in [5.41, 5.74) is 0.773. The van der Waals surface area contributed by atoms with Gasteiger partial charge in [0.25, 0.3) is 0 Å². The average molecular weight is 400 g/mol. The molecule has 0 N–H and O–H groups in total. The van der Waals surface area contributed by atoms with Gasteiger partial charge in [0, 0.05) is 26.1 Å². The largest absolute Gasteiger partial charge is 0.493 e. The zero-order valence-corrected chi connectivity index (χ0v) is 17.1.